The SMILES string of the molecule is O=C(O)CN(CCc1ccccc1)C(=O)c1csc(C(F)(F)F)n1. The molecule has 0 radical (unpaired) electrons. The van der Waals surface area contributed by atoms with Crippen molar-refractivity contribution in [3.05, 3.63) is 52.0 Å². The minimum absolute atomic E-state index is 0.0635. The van der Waals surface area contributed by atoms with Crippen molar-refractivity contribution in [2.45, 2.75) is 12.6 Å². The summed E-state index contributed by atoms with van der Waals surface area (Å²) in [7, 11) is 0. The maximum atomic E-state index is 12.6. The first-order valence-electron chi connectivity index (χ1n) is 6.85. The smallest absolute Gasteiger partial charge is 0.443 e. The highest BCUT2D eigenvalue weighted by Crippen LogP contribution is 2.31. The molecule has 9 heteroatoms. The summed E-state index contributed by atoms with van der Waals surface area (Å²) in [4.78, 5) is 27.5. The van der Waals surface area contributed by atoms with E-state index in [4.69, 9.17) is 5.11 Å². The molecule has 0 fully saturated rings. The van der Waals surface area contributed by atoms with E-state index >= 15 is 0 Å². The Morgan fingerprint density at radius 1 is 1.21 bits per heavy atom. The molecular weight excluding hydrogens is 345 g/mol. The summed E-state index contributed by atoms with van der Waals surface area (Å²) >= 11 is 0.305. The number of aromatic nitrogens is 1. The highest BCUT2D eigenvalue weighted by Gasteiger charge is 2.35. The van der Waals surface area contributed by atoms with E-state index in [2.05, 4.69) is 4.98 Å². The molecule has 0 aliphatic heterocycles. The molecule has 24 heavy (non-hydrogen) atoms. The molecule has 0 bridgehead atoms. The summed E-state index contributed by atoms with van der Waals surface area (Å²) in [5.41, 5.74) is 0.483. The molecule has 2 aromatic rings. The Morgan fingerprint density at radius 3 is 2.42 bits per heavy atom. The lowest BCUT2D eigenvalue weighted by atomic mass is 10.1. The number of carboxylic acids is 1. The number of amides is 1. The van der Waals surface area contributed by atoms with Crippen LogP contribution in [0, 0.1) is 0 Å². The van der Waals surface area contributed by atoms with Gasteiger partial charge in [0.05, 0.1) is 0 Å². The van der Waals surface area contributed by atoms with Gasteiger partial charge in [0, 0.05) is 11.9 Å². The summed E-state index contributed by atoms with van der Waals surface area (Å²) in [6.07, 6.45) is -4.25. The maximum absolute atomic E-state index is 12.6. The van der Waals surface area contributed by atoms with Gasteiger partial charge in [-0.3, -0.25) is 9.59 Å². The Morgan fingerprint density at radius 2 is 1.88 bits per heavy atom. The van der Waals surface area contributed by atoms with Crippen LogP contribution in [0.5, 0.6) is 0 Å². The van der Waals surface area contributed by atoms with Crippen LogP contribution in [-0.4, -0.2) is 40.0 Å². The molecule has 128 valence electrons. The molecule has 0 saturated heterocycles. The van der Waals surface area contributed by atoms with Crippen LogP contribution in [-0.2, 0) is 17.4 Å². The number of benzene rings is 1. The molecule has 2 rings (SSSR count). The van der Waals surface area contributed by atoms with E-state index in [1.54, 1.807) is 12.1 Å². The van der Waals surface area contributed by atoms with Gasteiger partial charge >= 0.3 is 12.1 Å². The standard InChI is InChI=1S/C15H13F3N2O3S/c16-15(17,18)14-19-11(9-24-14)13(23)20(8-12(21)22)7-6-10-4-2-1-3-5-10/h1-5,9H,6-8H2,(H,21,22). The fourth-order valence-corrected chi connectivity index (χ4v) is 2.65. The minimum Gasteiger partial charge on any atom is -0.480 e. The number of carboxylic acid groups (broad SMARTS) is 1. The number of aliphatic carboxylic acids is 1. The molecule has 1 N–H and O–H groups in total. The second-order valence-electron chi connectivity index (χ2n) is 4.89. The van der Waals surface area contributed by atoms with Gasteiger partial charge in [-0.15, -0.1) is 11.3 Å². The Bertz CT molecular complexity index is 716. The molecule has 0 saturated carbocycles. The van der Waals surface area contributed by atoms with Gasteiger partial charge in [-0.2, -0.15) is 13.2 Å². The van der Waals surface area contributed by atoms with E-state index in [1.807, 2.05) is 18.2 Å². The predicted molar refractivity (Wildman–Crippen MR) is 80.8 cm³/mol. The van der Waals surface area contributed by atoms with Crippen LogP contribution >= 0.6 is 11.3 Å². The minimum atomic E-state index is -4.63. The average molecular weight is 358 g/mol. The van der Waals surface area contributed by atoms with Crippen LogP contribution in [0.4, 0.5) is 13.2 Å². The van der Waals surface area contributed by atoms with Crippen molar-refractivity contribution in [1.29, 1.82) is 0 Å². The zero-order valence-electron chi connectivity index (χ0n) is 12.3. The molecular formula is C15H13F3N2O3S. The molecule has 5 nitrogen and oxygen atoms in total. The van der Waals surface area contributed by atoms with Crippen LogP contribution in [0.2, 0.25) is 0 Å². The number of hydrogen-bond donors (Lipinski definition) is 1. The summed E-state index contributed by atoms with van der Waals surface area (Å²) in [5, 5.41) is 8.77. The van der Waals surface area contributed by atoms with E-state index in [0.717, 1.165) is 15.8 Å². The van der Waals surface area contributed by atoms with E-state index in [1.165, 1.54) is 0 Å². The van der Waals surface area contributed by atoms with Crippen molar-refractivity contribution in [2.75, 3.05) is 13.1 Å². The molecule has 1 aromatic carbocycles. The first-order chi connectivity index (χ1) is 11.3. The number of alkyl halides is 3. The molecule has 1 heterocycles. The zero-order valence-corrected chi connectivity index (χ0v) is 13.1. The largest absolute Gasteiger partial charge is 0.480 e. The lowest BCUT2D eigenvalue weighted by molar-refractivity contribution is -0.138. The Balaban J connectivity index is 2.13. The monoisotopic (exact) mass is 358 g/mol. The highest BCUT2D eigenvalue weighted by molar-refractivity contribution is 7.09. The van der Waals surface area contributed by atoms with Gasteiger partial charge < -0.3 is 10.0 Å². The fourth-order valence-electron chi connectivity index (χ4n) is 1.99. The molecule has 0 atom stereocenters. The normalized spacial score (nSPS) is 11.3. The number of rotatable bonds is 6. The predicted octanol–water partition coefficient (Wildman–Crippen LogP) is 2.93. The molecule has 0 aliphatic carbocycles. The van der Waals surface area contributed by atoms with Crippen molar-refractivity contribution >= 4 is 23.2 Å². The van der Waals surface area contributed by atoms with Gasteiger partial charge in [0.25, 0.3) is 5.91 Å². The van der Waals surface area contributed by atoms with Gasteiger partial charge in [0.1, 0.15) is 12.2 Å². The second-order valence-corrected chi connectivity index (χ2v) is 5.75. The van der Waals surface area contributed by atoms with Crippen molar-refractivity contribution in [3.8, 4) is 0 Å². The molecule has 0 aliphatic rings. The molecule has 0 spiro atoms. The Hall–Kier alpha value is -2.42. The lowest BCUT2D eigenvalue weighted by Crippen LogP contribution is -2.37. The van der Waals surface area contributed by atoms with Crippen LogP contribution < -0.4 is 0 Å². The number of nitrogens with zero attached hydrogens (tertiary/aromatic N) is 2. The third-order valence-electron chi connectivity index (χ3n) is 3.09. The van der Waals surface area contributed by atoms with E-state index < -0.39 is 35.3 Å². The Kier molecular flexibility index (Phi) is 5.55. The van der Waals surface area contributed by atoms with E-state index in [-0.39, 0.29) is 6.54 Å². The first kappa shape index (κ1) is 17.9. The van der Waals surface area contributed by atoms with Crippen LogP contribution in [0.1, 0.15) is 21.1 Å². The van der Waals surface area contributed by atoms with Crippen LogP contribution in [0.25, 0.3) is 0 Å². The highest BCUT2D eigenvalue weighted by atomic mass is 32.1. The number of thiazole rings is 1. The average Bonchev–Trinajstić information content (AvgIpc) is 3.01. The summed E-state index contributed by atoms with van der Waals surface area (Å²) in [6, 6.07) is 9.04. The molecule has 1 aromatic heterocycles. The lowest BCUT2D eigenvalue weighted by Gasteiger charge is -2.19. The van der Waals surface area contributed by atoms with Crippen LogP contribution in [0.15, 0.2) is 35.7 Å². The van der Waals surface area contributed by atoms with Crippen LogP contribution in [0.3, 0.4) is 0 Å². The third kappa shape index (κ3) is 4.79. The summed E-state index contributed by atoms with van der Waals surface area (Å²) < 4.78 is 37.7. The van der Waals surface area contributed by atoms with Gasteiger partial charge in [0.15, 0.2) is 5.01 Å². The zero-order chi connectivity index (χ0) is 17.7. The first-order valence-corrected chi connectivity index (χ1v) is 7.73. The van der Waals surface area contributed by atoms with Gasteiger partial charge in [-0.05, 0) is 12.0 Å². The van der Waals surface area contributed by atoms with Crippen molar-refractivity contribution in [1.82, 2.24) is 9.88 Å². The Labute approximate surface area is 139 Å². The van der Waals surface area contributed by atoms with E-state index in [9.17, 15) is 22.8 Å². The third-order valence-corrected chi connectivity index (χ3v) is 3.98. The maximum Gasteiger partial charge on any atom is 0.443 e. The number of hydrogen-bond acceptors (Lipinski definition) is 4. The number of carbonyl (C=O) groups is 2. The number of carbonyl (C=O) groups excluding carboxylic acids is 1. The topological polar surface area (TPSA) is 70.5 Å². The van der Waals surface area contributed by atoms with Gasteiger partial charge in [-0.25, -0.2) is 4.98 Å². The second kappa shape index (κ2) is 7.43. The summed E-state index contributed by atoms with van der Waals surface area (Å²) in [6.45, 7) is -0.543. The van der Waals surface area contributed by atoms with E-state index in [0.29, 0.717) is 17.8 Å². The molecule has 1 amide bonds. The molecule has 0 unspecified atom stereocenters. The van der Waals surface area contributed by atoms with Gasteiger partial charge in [0.2, 0.25) is 0 Å². The van der Waals surface area contributed by atoms with Crippen molar-refractivity contribution < 1.29 is 27.9 Å². The quantitative estimate of drug-likeness (QED) is 0.862. The summed E-state index contributed by atoms with van der Waals surface area (Å²) in [5.74, 6) is -2.08. The van der Waals surface area contributed by atoms with Gasteiger partial charge in [-0.1, -0.05) is 30.3 Å². The number of halogens is 3. The fraction of sp³-hybridized carbons (Fsp3) is 0.267. The van der Waals surface area contributed by atoms with Crippen molar-refractivity contribution in [3.63, 3.8) is 0 Å². The van der Waals surface area contributed by atoms with Crippen molar-refractivity contribution in [2.24, 2.45) is 0 Å².